The Balaban J connectivity index is 0.909. The minimum Gasteiger partial charge on any atom is -0.496 e. The third kappa shape index (κ3) is 11.0. The van der Waals surface area contributed by atoms with Crippen molar-refractivity contribution in [1.29, 1.82) is 0 Å². The second kappa shape index (κ2) is 22.2. The molecule has 358 valence electrons. The number of methoxy groups -OCH3 is 1. The monoisotopic (exact) mass is 931 g/mol. The zero-order valence-electron chi connectivity index (χ0n) is 43.2. The molecule has 2 atom stereocenters. The van der Waals surface area contributed by atoms with Crippen LogP contribution >= 0.6 is 0 Å². The predicted molar refractivity (Wildman–Crippen MR) is 306 cm³/mol. The molecule has 7 aromatic rings. The van der Waals surface area contributed by atoms with Gasteiger partial charge in [-0.15, -0.1) is 0 Å². The minimum absolute atomic E-state index is 0.264. The molecule has 71 heavy (non-hydrogen) atoms. The Hall–Kier alpha value is -7.36. The lowest BCUT2D eigenvalue weighted by Crippen LogP contribution is -2.43. The van der Waals surface area contributed by atoms with Crippen molar-refractivity contribution in [2.45, 2.75) is 99.1 Å². The molecule has 0 spiro atoms. The van der Waals surface area contributed by atoms with E-state index < -0.39 is 0 Å². The van der Waals surface area contributed by atoms with Gasteiger partial charge in [-0.25, -0.2) is 0 Å². The first-order chi connectivity index (χ1) is 34.6. The van der Waals surface area contributed by atoms with E-state index in [0.29, 0.717) is 6.04 Å². The molecule has 7 aromatic carbocycles. The van der Waals surface area contributed by atoms with E-state index in [1.54, 1.807) is 7.11 Å². The maximum atomic E-state index is 5.47. The maximum Gasteiger partial charge on any atom is 0.121 e. The largest absolute Gasteiger partial charge is 0.496 e. The highest BCUT2D eigenvalue weighted by Gasteiger charge is 2.28. The van der Waals surface area contributed by atoms with Gasteiger partial charge < -0.3 is 14.5 Å². The molecule has 0 aromatic heterocycles. The molecule has 0 saturated heterocycles. The van der Waals surface area contributed by atoms with Crippen molar-refractivity contribution in [3.05, 3.63) is 249 Å². The molecule has 2 aliphatic rings. The Morgan fingerprint density at radius 2 is 1.08 bits per heavy atom. The van der Waals surface area contributed by atoms with Crippen LogP contribution in [0.2, 0.25) is 0 Å². The summed E-state index contributed by atoms with van der Waals surface area (Å²) in [7, 11) is 1.72. The van der Waals surface area contributed by atoms with Gasteiger partial charge >= 0.3 is 0 Å². The van der Waals surface area contributed by atoms with Gasteiger partial charge in [0.25, 0.3) is 0 Å². The van der Waals surface area contributed by atoms with Crippen LogP contribution < -0.4 is 14.5 Å². The van der Waals surface area contributed by atoms with Crippen LogP contribution in [0, 0.1) is 34.6 Å². The second-order valence-electron chi connectivity index (χ2n) is 19.6. The molecule has 0 N–H and O–H groups in total. The number of allylic oxidation sites excluding steroid dienone is 4. The van der Waals surface area contributed by atoms with Crippen LogP contribution in [0.25, 0.3) is 28.9 Å². The summed E-state index contributed by atoms with van der Waals surface area (Å²) in [6.45, 7) is 15.5. The maximum absolute atomic E-state index is 5.47. The number of anilines is 4. The van der Waals surface area contributed by atoms with Gasteiger partial charge in [-0.3, -0.25) is 0 Å². The Labute approximate surface area is 424 Å². The van der Waals surface area contributed by atoms with Crippen LogP contribution in [-0.4, -0.2) is 19.2 Å². The number of ether oxygens (including phenoxy) is 1. The lowest BCUT2D eigenvalue weighted by atomic mass is 9.90. The lowest BCUT2D eigenvalue weighted by molar-refractivity contribution is 0.411. The van der Waals surface area contributed by atoms with Gasteiger partial charge in [0.15, 0.2) is 0 Å². The zero-order valence-corrected chi connectivity index (χ0v) is 43.2. The third-order valence-electron chi connectivity index (χ3n) is 14.8. The zero-order chi connectivity index (χ0) is 49.4. The standard InChI is InChI=1S/C68H70N2O/c1-9-56-15-11-13-48(4)67(56)69(62-36-23-52(24-37-62)19-21-54-18-17-47(3)50(6)45-54)64-40-32-60(33-41-64)58-28-30-59(31-29-58)61-34-42-65(43-35-61)70(68-49(5)14-12-16-57(68)10-2)63-38-25-53(26-39-63)20-22-55-27-44-66(71-8)51(7)46-55/h11-18,20,22-36,38-40,42-46,62,64H,9-10,19,21,37,41H2,1-8H3/b22-20+/t62-,64+/m0/s1. The first kappa shape index (κ1) is 48.7. The summed E-state index contributed by atoms with van der Waals surface area (Å²) in [5.41, 5.74) is 24.3. The summed E-state index contributed by atoms with van der Waals surface area (Å²) in [6.07, 6.45) is 25.1. The number of hydrogen-bond acceptors (Lipinski definition) is 3. The van der Waals surface area contributed by atoms with E-state index in [-0.39, 0.29) is 6.04 Å². The summed E-state index contributed by atoms with van der Waals surface area (Å²) in [4.78, 5) is 5.15. The molecule has 0 amide bonds. The van der Waals surface area contributed by atoms with Crippen molar-refractivity contribution in [1.82, 2.24) is 0 Å². The van der Waals surface area contributed by atoms with Crippen molar-refractivity contribution in [3.63, 3.8) is 0 Å². The average molecular weight is 931 g/mol. The van der Waals surface area contributed by atoms with Gasteiger partial charge in [-0.05, 0) is 187 Å². The van der Waals surface area contributed by atoms with Crippen molar-refractivity contribution < 1.29 is 4.74 Å². The molecule has 0 radical (unpaired) electrons. The predicted octanol–water partition coefficient (Wildman–Crippen LogP) is 17.8. The fraction of sp³-hybridized carbons (Fsp3) is 0.235. The molecular weight excluding hydrogens is 861 g/mol. The fourth-order valence-electron chi connectivity index (χ4n) is 10.6. The molecule has 0 bridgehead atoms. The molecule has 3 nitrogen and oxygen atoms in total. The highest BCUT2D eigenvalue weighted by molar-refractivity contribution is 5.83. The van der Waals surface area contributed by atoms with Crippen LogP contribution in [0.4, 0.5) is 22.7 Å². The third-order valence-corrected chi connectivity index (χ3v) is 14.8. The molecular formula is C68H70N2O. The van der Waals surface area contributed by atoms with Gasteiger partial charge in [0.2, 0.25) is 0 Å². The number of benzene rings is 7. The van der Waals surface area contributed by atoms with Crippen molar-refractivity contribution in [2.24, 2.45) is 0 Å². The Morgan fingerprint density at radius 1 is 0.507 bits per heavy atom. The van der Waals surface area contributed by atoms with E-state index in [0.717, 1.165) is 72.3 Å². The summed E-state index contributed by atoms with van der Waals surface area (Å²) >= 11 is 0. The first-order valence-corrected chi connectivity index (χ1v) is 25.8. The first-order valence-electron chi connectivity index (χ1n) is 25.8. The fourth-order valence-corrected chi connectivity index (χ4v) is 10.6. The number of hydrogen-bond donors (Lipinski definition) is 0. The Morgan fingerprint density at radius 3 is 1.68 bits per heavy atom. The van der Waals surface area contributed by atoms with E-state index in [2.05, 4.69) is 246 Å². The molecule has 9 rings (SSSR count). The highest BCUT2D eigenvalue weighted by atomic mass is 16.5. The van der Waals surface area contributed by atoms with Gasteiger partial charge in [-0.1, -0.05) is 177 Å². The molecule has 0 unspecified atom stereocenters. The number of nitrogens with zero attached hydrogens (tertiary/aromatic N) is 2. The van der Waals surface area contributed by atoms with Crippen molar-refractivity contribution in [3.8, 4) is 16.9 Å². The van der Waals surface area contributed by atoms with E-state index in [1.807, 2.05) is 6.07 Å². The molecule has 0 saturated carbocycles. The van der Waals surface area contributed by atoms with Crippen LogP contribution in [0.15, 0.2) is 188 Å². The summed E-state index contributed by atoms with van der Waals surface area (Å²) in [5.74, 6) is 0.908. The van der Waals surface area contributed by atoms with Gasteiger partial charge in [-0.2, -0.15) is 0 Å². The van der Waals surface area contributed by atoms with Crippen LogP contribution in [0.1, 0.15) is 94.3 Å². The summed E-state index contributed by atoms with van der Waals surface area (Å²) in [6, 6.07) is 54.4. The van der Waals surface area contributed by atoms with Crippen molar-refractivity contribution >= 4 is 40.5 Å². The van der Waals surface area contributed by atoms with Gasteiger partial charge in [0.1, 0.15) is 5.75 Å². The van der Waals surface area contributed by atoms with E-state index >= 15 is 0 Å². The number of para-hydroxylation sites is 2. The molecule has 2 aliphatic carbocycles. The Kier molecular flexibility index (Phi) is 15.2. The second-order valence-corrected chi connectivity index (χ2v) is 19.6. The molecule has 0 fully saturated rings. The minimum atomic E-state index is 0.264. The summed E-state index contributed by atoms with van der Waals surface area (Å²) < 4.78 is 5.47. The molecule has 0 heterocycles. The number of aryl methyl sites for hydroxylation is 8. The normalized spacial score (nSPS) is 15.4. The van der Waals surface area contributed by atoms with E-state index in [1.165, 1.54) is 78.2 Å². The van der Waals surface area contributed by atoms with Crippen molar-refractivity contribution in [2.75, 3.05) is 16.9 Å². The van der Waals surface area contributed by atoms with Crippen LogP contribution in [0.5, 0.6) is 5.75 Å². The van der Waals surface area contributed by atoms with Crippen LogP contribution in [-0.2, 0) is 19.3 Å². The summed E-state index contributed by atoms with van der Waals surface area (Å²) in [5, 5.41) is 0. The van der Waals surface area contributed by atoms with Crippen LogP contribution in [0.3, 0.4) is 0 Å². The smallest absolute Gasteiger partial charge is 0.121 e. The average Bonchev–Trinajstić information content (AvgIpc) is 3.40. The topological polar surface area (TPSA) is 15.7 Å². The highest BCUT2D eigenvalue weighted by Crippen LogP contribution is 2.41. The SMILES string of the molecule is CCc1cccc(C)c1N(c1ccc(/C=C/c2ccc(OC)c(C)c2)cc1)c1ccc(-c2ccc(C3=CC[C@H](N(c4c(C)cccc4CC)[C@H]4C=CC(CCc5ccc(C)c(C)c5)=CC4)C=C3)cc2)cc1. The molecule has 0 aliphatic heterocycles. The molecule has 3 heteroatoms. The lowest BCUT2D eigenvalue weighted by Gasteiger charge is -2.41. The quantitative estimate of drug-likeness (QED) is 0.0898. The van der Waals surface area contributed by atoms with Gasteiger partial charge in [0.05, 0.1) is 24.9 Å². The Bertz CT molecular complexity index is 3140. The van der Waals surface area contributed by atoms with Gasteiger partial charge in [0, 0.05) is 17.1 Å². The number of rotatable bonds is 16. The van der Waals surface area contributed by atoms with E-state index in [4.69, 9.17) is 4.74 Å². The van der Waals surface area contributed by atoms with E-state index in [9.17, 15) is 0 Å².